The van der Waals surface area contributed by atoms with Crippen LogP contribution in [0.5, 0.6) is 5.75 Å². The van der Waals surface area contributed by atoms with Crippen molar-refractivity contribution in [2.24, 2.45) is 0 Å². The summed E-state index contributed by atoms with van der Waals surface area (Å²) < 4.78 is 51.8. The highest BCUT2D eigenvalue weighted by Gasteiger charge is 2.36. The Morgan fingerprint density at radius 3 is 2.57 bits per heavy atom. The molecule has 0 saturated carbocycles. The van der Waals surface area contributed by atoms with Gasteiger partial charge in [-0.15, -0.1) is 0 Å². The zero-order chi connectivity index (χ0) is 20.3. The van der Waals surface area contributed by atoms with E-state index in [2.05, 4.69) is 20.6 Å². The molecule has 0 bridgehead atoms. The highest BCUT2D eigenvalue weighted by Crippen LogP contribution is 2.43. The molecule has 2 aromatic rings. The molecule has 7 nitrogen and oxygen atoms in total. The lowest BCUT2D eigenvalue weighted by Gasteiger charge is -2.31. The van der Waals surface area contributed by atoms with Crippen LogP contribution >= 0.6 is 11.6 Å². The monoisotopic (exact) mass is 417 g/mol. The van der Waals surface area contributed by atoms with Crippen LogP contribution in [0, 0.1) is 0 Å². The Kier molecular flexibility index (Phi) is 5.99. The second kappa shape index (κ2) is 8.27. The fourth-order valence-corrected chi connectivity index (χ4v) is 3.04. The van der Waals surface area contributed by atoms with E-state index in [1.165, 1.54) is 19.4 Å². The van der Waals surface area contributed by atoms with Crippen molar-refractivity contribution in [2.75, 3.05) is 56.0 Å². The smallest absolute Gasteiger partial charge is 0.418 e. The summed E-state index contributed by atoms with van der Waals surface area (Å²) >= 11 is 5.95. The minimum atomic E-state index is -4.55. The molecule has 0 atom stereocenters. The summed E-state index contributed by atoms with van der Waals surface area (Å²) in [6.45, 7) is 1.46. The second-order valence-corrected chi connectivity index (χ2v) is 6.34. The van der Waals surface area contributed by atoms with Crippen LogP contribution in [-0.4, -0.2) is 50.4 Å². The average molecular weight is 418 g/mol. The number of ether oxygens (including phenoxy) is 2. The van der Waals surface area contributed by atoms with E-state index >= 15 is 0 Å². The second-order valence-electron chi connectivity index (χ2n) is 5.93. The van der Waals surface area contributed by atoms with E-state index in [1.807, 2.05) is 0 Å². The molecule has 11 heteroatoms. The van der Waals surface area contributed by atoms with Gasteiger partial charge in [-0.05, 0) is 6.07 Å². The van der Waals surface area contributed by atoms with Crippen LogP contribution in [0.1, 0.15) is 5.56 Å². The zero-order valence-corrected chi connectivity index (χ0v) is 16.0. The maximum Gasteiger partial charge on any atom is 0.418 e. The van der Waals surface area contributed by atoms with Gasteiger partial charge < -0.3 is 25.0 Å². The third-order valence-corrected chi connectivity index (χ3v) is 4.48. The molecule has 1 saturated heterocycles. The molecule has 0 amide bonds. The number of methoxy groups -OCH3 is 1. The summed E-state index contributed by atoms with van der Waals surface area (Å²) in [6.07, 6.45) is -3.20. The molecule has 1 fully saturated rings. The maximum absolute atomic E-state index is 13.7. The van der Waals surface area contributed by atoms with Crippen molar-refractivity contribution in [3.05, 3.63) is 28.9 Å². The molecule has 1 aromatic carbocycles. The molecular weight excluding hydrogens is 399 g/mol. The number of anilines is 4. The molecule has 1 aliphatic heterocycles. The summed E-state index contributed by atoms with van der Waals surface area (Å²) in [5.74, 6) is 0.664. The lowest BCUT2D eigenvalue weighted by molar-refractivity contribution is -0.137. The molecule has 0 spiro atoms. The van der Waals surface area contributed by atoms with Gasteiger partial charge in [-0.2, -0.15) is 18.2 Å². The number of hydrogen-bond donors (Lipinski definition) is 2. The first-order chi connectivity index (χ1) is 13.3. The number of hydrogen-bond acceptors (Lipinski definition) is 7. The molecule has 0 radical (unpaired) electrons. The molecule has 0 aliphatic carbocycles. The van der Waals surface area contributed by atoms with Crippen LogP contribution in [-0.2, 0) is 10.9 Å². The van der Waals surface area contributed by atoms with E-state index in [-0.39, 0.29) is 23.1 Å². The largest absolute Gasteiger partial charge is 0.494 e. The lowest BCUT2D eigenvalue weighted by atomic mass is 10.1. The van der Waals surface area contributed by atoms with E-state index in [9.17, 15) is 13.2 Å². The normalized spacial score (nSPS) is 14.7. The molecule has 1 aromatic heterocycles. The summed E-state index contributed by atoms with van der Waals surface area (Å²) in [6, 6.07) is 2.37. The lowest BCUT2D eigenvalue weighted by Crippen LogP contribution is -2.37. The molecule has 3 rings (SSSR count). The number of halogens is 4. The van der Waals surface area contributed by atoms with Crippen LogP contribution in [0.3, 0.4) is 0 Å². The SMILES string of the molecule is CNc1nc(Nc2cc(C(F)(F)F)c(N3CCOCC3)cc2OC)ncc1Cl. The van der Waals surface area contributed by atoms with E-state index in [0.717, 1.165) is 6.07 Å². The molecule has 28 heavy (non-hydrogen) atoms. The standard InChI is InChI=1S/C17H19ClF3N5O2/c1-22-15-11(18)9-23-16(25-15)24-12-7-10(17(19,20)21)13(8-14(12)27-2)26-3-5-28-6-4-26/h7-9H,3-6H2,1-2H3,(H2,22,23,24,25). The molecule has 0 unspecified atom stereocenters. The Labute approximate surface area is 164 Å². The van der Waals surface area contributed by atoms with Crippen molar-refractivity contribution in [1.82, 2.24) is 9.97 Å². The first-order valence-electron chi connectivity index (χ1n) is 8.42. The van der Waals surface area contributed by atoms with Crippen molar-refractivity contribution in [1.29, 1.82) is 0 Å². The minimum Gasteiger partial charge on any atom is -0.494 e. The summed E-state index contributed by atoms with van der Waals surface area (Å²) in [7, 11) is 3.01. The quantitative estimate of drug-likeness (QED) is 0.767. The van der Waals surface area contributed by atoms with Gasteiger partial charge in [0.25, 0.3) is 0 Å². The van der Waals surface area contributed by atoms with E-state index in [1.54, 1.807) is 11.9 Å². The van der Waals surface area contributed by atoms with E-state index < -0.39 is 11.7 Å². The van der Waals surface area contributed by atoms with Gasteiger partial charge in [-0.3, -0.25) is 0 Å². The third kappa shape index (κ3) is 4.33. The topological polar surface area (TPSA) is 71.5 Å². The van der Waals surface area contributed by atoms with Crippen molar-refractivity contribution in [3.8, 4) is 5.75 Å². The van der Waals surface area contributed by atoms with Gasteiger partial charge in [0, 0.05) is 26.2 Å². The average Bonchev–Trinajstić information content (AvgIpc) is 2.69. The van der Waals surface area contributed by atoms with Crippen LogP contribution in [0.2, 0.25) is 5.02 Å². The Morgan fingerprint density at radius 1 is 1.25 bits per heavy atom. The number of benzene rings is 1. The fraction of sp³-hybridized carbons (Fsp3) is 0.412. The van der Waals surface area contributed by atoms with Gasteiger partial charge in [-0.1, -0.05) is 11.6 Å². The van der Waals surface area contributed by atoms with Crippen molar-refractivity contribution < 1.29 is 22.6 Å². The van der Waals surface area contributed by atoms with Crippen LogP contribution in [0.4, 0.5) is 36.3 Å². The Balaban J connectivity index is 2.03. The Bertz CT molecular complexity index is 844. The van der Waals surface area contributed by atoms with E-state index in [4.69, 9.17) is 21.1 Å². The Hall–Kier alpha value is -2.46. The Morgan fingerprint density at radius 2 is 1.96 bits per heavy atom. The maximum atomic E-state index is 13.7. The molecule has 2 heterocycles. The molecule has 1 aliphatic rings. The highest BCUT2D eigenvalue weighted by molar-refractivity contribution is 6.32. The van der Waals surface area contributed by atoms with Gasteiger partial charge in [-0.25, -0.2) is 4.98 Å². The van der Waals surface area contributed by atoms with Crippen LogP contribution < -0.4 is 20.3 Å². The van der Waals surface area contributed by atoms with Crippen molar-refractivity contribution >= 4 is 34.7 Å². The number of nitrogens with zero attached hydrogens (tertiary/aromatic N) is 3. The molecule has 152 valence electrons. The number of nitrogens with one attached hydrogen (secondary N) is 2. The summed E-state index contributed by atoms with van der Waals surface area (Å²) in [5, 5.41) is 5.85. The summed E-state index contributed by atoms with van der Waals surface area (Å²) in [5.41, 5.74) is -0.636. The van der Waals surface area contributed by atoms with Gasteiger partial charge in [0.05, 0.1) is 43.5 Å². The van der Waals surface area contributed by atoms with Crippen LogP contribution in [0.15, 0.2) is 18.3 Å². The number of alkyl halides is 3. The number of rotatable bonds is 5. The number of aromatic nitrogens is 2. The fourth-order valence-electron chi connectivity index (χ4n) is 2.85. The third-order valence-electron chi connectivity index (χ3n) is 4.20. The first kappa shape index (κ1) is 20.3. The minimum absolute atomic E-state index is 0.0474. The van der Waals surface area contributed by atoms with Gasteiger partial charge in [0.2, 0.25) is 5.95 Å². The van der Waals surface area contributed by atoms with Crippen molar-refractivity contribution in [3.63, 3.8) is 0 Å². The first-order valence-corrected chi connectivity index (χ1v) is 8.80. The molecule has 2 N–H and O–H groups in total. The van der Waals surface area contributed by atoms with Gasteiger partial charge in [0.1, 0.15) is 16.6 Å². The van der Waals surface area contributed by atoms with Gasteiger partial charge in [0.15, 0.2) is 0 Å². The van der Waals surface area contributed by atoms with Crippen LogP contribution in [0.25, 0.3) is 0 Å². The van der Waals surface area contributed by atoms with E-state index in [0.29, 0.717) is 37.1 Å². The molecular formula is C17H19ClF3N5O2. The highest BCUT2D eigenvalue weighted by atomic mass is 35.5. The van der Waals surface area contributed by atoms with Crippen molar-refractivity contribution in [2.45, 2.75) is 6.18 Å². The predicted octanol–water partition coefficient (Wildman–Crippen LogP) is 3.78. The summed E-state index contributed by atoms with van der Waals surface area (Å²) in [4.78, 5) is 9.78. The number of morpholine rings is 1. The zero-order valence-electron chi connectivity index (χ0n) is 15.2. The predicted molar refractivity (Wildman–Crippen MR) is 101 cm³/mol. The van der Waals surface area contributed by atoms with Gasteiger partial charge >= 0.3 is 6.18 Å².